The number of nitrogens with zero attached hydrogens (tertiary/aromatic N) is 1. The van der Waals surface area contributed by atoms with Gasteiger partial charge in [-0.3, -0.25) is 4.99 Å². The molecule has 2 saturated carbocycles. The Hall–Kier alpha value is -0.180. The minimum absolute atomic E-state index is 0.562. The van der Waals surface area contributed by atoms with E-state index in [1.807, 2.05) is 11.8 Å². The standard InChI is InChI=1S/C17H30N2S/c1-2-14-7-6-8-15(11-14)19-16-18-12-17(13-20-16)9-4-3-5-10-17/h14-15H,2-13H2,1H3,(H,18,19). The molecule has 1 heterocycles. The summed E-state index contributed by atoms with van der Waals surface area (Å²) in [5, 5.41) is 5.01. The lowest BCUT2D eigenvalue weighted by Crippen LogP contribution is -2.41. The summed E-state index contributed by atoms with van der Waals surface area (Å²) >= 11 is 2.01. The summed E-state index contributed by atoms with van der Waals surface area (Å²) in [5.74, 6) is 2.25. The van der Waals surface area contributed by atoms with Crippen LogP contribution in [-0.4, -0.2) is 23.5 Å². The Morgan fingerprint density at radius 1 is 1.20 bits per heavy atom. The Bertz CT molecular complexity index is 347. The maximum absolute atomic E-state index is 4.92. The zero-order chi connectivity index (χ0) is 13.8. The van der Waals surface area contributed by atoms with Crippen molar-refractivity contribution >= 4 is 16.9 Å². The van der Waals surface area contributed by atoms with Gasteiger partial charge in [0.25, 0.3) is 0 Å². The molecule has 2 fully saturated rings. The molecule has 0 amide bonds. The molecule has 3 rings (SSSR count). The lowest BCUT2D eigenvalue weighted by atomic mass is 9.75. The van der Waals surface area contributed by atoms with Crippen molar-refractivity contribution in [2.75, 3.05) is 12.3 Å². The second-order valence-electron chi connectivity index (χ2n) is 7.25. The summed E-state index contributed by atoms with van der Waals surface area (Å²) in [6.45, 7) is 3.43. The van der Waals surface area contributed by atoms with E-state index in [2.05, 4.69) is 12.2 Å². The van der Waals surface area contributed by atoms with Crippen LogP contribution >= 0.6 is 11.8 Å². The van der Waals surface area contributed by atoms with Crippen LogP contribution in [0.2, 0.25) is 0 Å². The van der Waals surface area contributed by atoms with E-state index in [1.54, 1.807) is 0 Å². The van der Waals surface area contributed by atoms with Gasteiger partial charge in [0.1, 0.15) is 0 Å². The second kappa shape index (κ2) is 6.72. The minimum atomic E-state index is 0.562. The number of hydrogen-bond acceptors (Lipinski definition) is 3. The SMILES string of the molecule is CCC1CCCC(NC2=NCC3(CCCCC3)CS2)C1. The van der Waals surface area contributed by atoms with Crippen LogP contribution in [0.1, 0.15) is 71.1 Å². The van der Waals surface area contributed by atoms with Gasteiger partial charge in [0.15, 0.2) is 5.17 Å². The third kappa shape index (κ3) is 3.52. The van der Waals surface area contributed by atoms with Crippen molar-refractivity contribution in [2.24, 2.45) is 16.3 Å². The number of rotatable bonds is 2. The smallest absolute Gasteiger partial charge is 0.156 e. The predicted molar refractivity (Wildman–Crippen MR) is 89.5 cm³/mol. The van der Waals surface area contributed by atoms with Crippen molar-refractivity contribution in [3.63, 3.8) is 0 Å². The highest BCUT2D eigenvalue weighted by Gasteiger charge is 2.35. The largest absolute Gasteiger partial charge is 0.362 e. The molecule has 0 aromatic carbocycles. The fourth-order valence-corrected chi connectivity index (χ4v) is 5.44. The predicted octanol–water partition coefficient (Wildman–Crippen LogP) is 4.60. The van der Waals surface area contributed by atoms with E-state index in [9.17, 15) is 0 Å². The first-order valence-electron chi connectivity index (χ1n) is 8.73. The lowest BCUT2D eigenvalue weighted by molar-refractivity contribution is 0.232. The highest BCUT2D eigenvalue weighted by Crippen LogP contribution is 2.41. The fraction of sp³-hybridized carbons (Fsp3) is 0.941. The monoisotopic (exact) mass is 294 g/mol. The van der Waals surface area contributed by atoms with Gasteiger partial charge >= 0.3 is 0 Å². The molecule has 3 heteroatoms. The average Bonchev–Trinajstić information content (AvgIpc) is 2.51. The van der Waals surface area contributed by atoms with E-state index in [-0.39, 0.29) is 0 Å². The summed E-state index contributed by atoms with van der Waals surface area (Å²) < 4.78 is 0. The Labute approximate surface area is 128 Å². The lowest BCUT2D eigenvalue weighted by Gasteiger charge is -2.39. The Balaban J connectivity index is 1.51. The molecule has 2 aliphatic carbocycles. The van der Waals surface area contributed by atoms with Crippen molar-refractivity contribution in [1.29, 1.82) is 0 Å². The molecule has 2 unspecified atom stereocenters. The Morgan fingerprint density at radius 3 is 2.75 bits per heavy atom. The Kier molecular flexibility index (Phi) is 4.95. The molecule has 20 heavy (non-hydrogen) atoms. The zero-order valence-electron chi connectivity index (χ0n) is 13.0. The van der Waals surface area contributed by atoms with Gasteiger partial charge in [0.05, 0.1) is 0 Å². The molecule has 2 nitrogen and oxygen atoms in total. The third-order valence-corrected chi connectivity index (χ3v) is 6.95. The van der Waals surface area contributed by atoms with E-state index in [4.69, 9.17) is 4.99 Å². The van der Waals surface area contributed by atoms with Crippen LogP contribution in [0, 0.1) is 11.3 Å². The fourth-order valence-electron chi connectivity index (χ4n) is 4.21. The second-order valence-corrected chi connectivity index (χ2v) is 8.22. The molecule has 0 aromatic rings. The first kappa shape index (κ1) is 14.7. The molecule has 3 aliphatic rings. The van der Waals surface area contributed by atoms with Crippen LogP contribution in [0.15, 0.2) is 4.99 Å². The highest BCUT2D eigenvalue weighted by molar-refractivity contribution is 8.13. The van der Waals surface area contributed by atoms with E-state index >= 15 is 0 Å². The van der Waals surface area contributed by atoms with Crippen LogP contribution in [0.4, 0.5) is 0 Å². The molecular weight excluding hydrogens is 264 g/mol. The third-order valence-electron chi connectivity index (χ3n) is 5.68. The van der Waals surface area contributed by atoms with Gasteiger partial charge < -0.3 is 5.32 Å². The molecule has 0 radical (unpaired) electrons. The van der Waals surface area contributed by atoms with Crippen molar-refractivity contribution in [1.82, 2.24) is 5.32 Å². The number of thioether (sulfide) groups is 1. The number of amidine groups is 1. The maximum atomic E-state index is 4.92. The zero-order valence-corrected chi connectivity index (χ0v) is 13.8. The average molecular weight is 295 g/mol. The summed E-state index contributed by atoms with van der Waals surface area (Å²) in [5.41, 5.74) is 0.562. The molecule has 1 aliphatic heterocycles. The van der Waals surface area contributed by atoms with Crippen LogP contribution in [0.3, 0.4) is 0 Å². The normalized spacial score (nSPS) is 33.8. The van der Waals surface area contributed by atoms with E-state index in [0.29, 0.717) is 11.5 Å². The van der Waals surface area contributed by atoms with E-state index in [0.717, 1.165) is 12.5 Å². The first-order chi connectivity index (χ1) is 9.80. The molecule has 1 spiro atoms. The molecule has 2 atom stereocenters. The molecule has 0 saturated heterocycles. The van der Waals surface area contributed by atoms with Crippen molar-refractivity contribution in [3.05, 3.63) is 0 Å². The summed E-state index contributed by atoms with van der Waals surface area (Å²) in [4.78, 5) is 4.92. The topological polar surface area (TPSA) is 24.4 Å². The minimum Gasteiger partial charge on any atom is -0.362 e. The number of nitrogens with one attached hydrogen (secondary N) is 1. The molecular formula is C17H30N2S. The molecule has 1 N–H and O–H groups in total. The van der Waals surface area contributed by atoms with Gasteiger partial charge in [0, 0.05) is 18.3 Å². The van der Waals surface area contributed by atoms with Gasteiger partial charge in [-0.05, 0) is 37.0 Å². The highest BCUT2D eigenvalue weighted by atomic mass is 32.2. The van der Waals surface area contributed by atoms with Crippen LogP contribution < -0.4 is 5.32 Å². The van der Waals surface area contributed by atoms with Gasteiger partial charge in [-0.25, -0.2) is 0 Å². The van der Waals surface area contributed by atoms with Gasteiger partial charge in [-0.2, -0.15) is 0 Å². The summed E-state index contributed by atoms with van der Waals surface area (Å²) in [7, 11) is 0. The first-order valence-corrected chi connectivity index (χ1v) is 9.72. The molecule has 114 valence electrons. The maximum Gasteiger partial charge on any atom is 0.156 e. The van der Waals surface area contributed by atoms with Crippen molar-refractivity contribution < 1.29 is 0 Å². The van der Waals surface area contributed by atoms with Gasteiger partial charge in [-0.15, -0.1) is 0 Å². The van der Waals surface area contributed by atoms with E-state index in [1.165, 1.54) is 75.1 Å². The van der Waals surface area contributed by atoms with Crippen LogP contribution in [0.5, 0.6) is 0 Å². The summed E-state index contributed by atoms with van der Waals surface area (Å²) in [6.07, 6.45) is 14.0. The molecule has 0 aromatic heterocycles. The van der Waals surface area contributed by atoms with Crippen LogP contribution in [0.25, 0.3) is 0 Å². The quantitative estimate of drug-likeness (QED) is 0.805. The van der Waals surface area contributed by atoms with Crippen molar-refractivity contribution in [2.45, 2.75) is 77.2 Å². The van der Waals surface area contributed by atoms with Gasteiger partial charge in [-0.1, -0.05) is 57.2 Å². The molecule has 0 bridgehead atoms. The van der Waals surface area contributed by atoms with Crippen LogP contribution in [-0.2, 0) is 0 Å². The van der Waals surface area contributed by atoms with E-state index < -0.39 is 0 Å². The summed E-state index contributed by atoms with van der Waals surface area (Å²) in [6, 6.07) is 0.695. The number of aliphatic imine (C=N–C) groups is 1. The van der Waals surface area contributed by atoms with Crippen molar-refractivity contribution in [3.8, 4) is 0 Å². The van der Waals surface area contributed by atoms with Gasteiger partial charge in [0.2, 0.25) is 0 Å². The number of hydrogen-bond donors (Lipinski definition) is 1. The Morgan fingerprint density at radius 2 is 2.05 bits per heavy atom.